The van der Waals surface area contributed by atoms with Crippen LogP contribution >= 0.6 is 35.7 Å². The third-order valence-electron chi connectivity index (χ3n) is 3.22. The molecule has 2 rings (SSSR count). The van der Waals surface area contributed by atoms with Gasteiger partial charge >= 0.3 is 0 Å². The highest BCUT2D eigenvalue weighted by Gasteiger charge is 2.07. The summed E-state index contributed by atoms with van der Waals surface area (Å²) in [6.07, 6.45) is 3.27. The Morgan fingerprint density at radius 2 is 1.96 bits per heavy atom. The number of carbonyl (C=O) groups excluding carboxylic acids is 1. The van der Waals surface area contributed by atoms with Crippen LogP contribution in [0.25, 0.3) is 0 Å². The summed E-state index contributed by atoms with van der Waals surface area (Å²) in [7, 11) is 1.68. The van der Waals surface area contributed by atoms with Crippen LogP contribution in [0.15, 0.2) is 64.7 Å². The predicted molar refractivity (Wildman–Crippen MR) is 119 cm³/mol. The average molecular weight is 485 g/mol. The van der Waals surface area contributed by atoms with E-state index < -0.39 is 0 Å². The fourth-order valence-electron chi connectivity index (χ4n) is 2.04. The number of hydrogen-bond acceptors (Lipinski definition) is 4. The molecule has 1 aromatic heterocycles. The molecule has 0 spiro atoms. The molecule has 1 atom stereocenters. The highest BCUT2D eigenvalue weighted by Crippen LogP contribution is 2.21. The van der Waals surface area contributed by atoms with Crippen molar-refractivity contribution in [3.05, 3.63) is 54.9 Å². The third-order valence-corrected chi connectivity index (χ3v) is 4.34. The first-order valence-electron chi connectivity index (χ1n) is 8.03. The van der Waals surface area contributed by atoms with E-state index in [9.17, 15) is 4.79 Å². The molecule has 0 aliphatic carbocycles. The van der Waals surface area contributed by atoms with E-state index in [1.807, 2.05) is 18.2 Å². The molecule has 0 aliphatic heterocycles. The normalized spacial score (nSPS) is 11.8. The van der Waals surface area contributed by atoms with Crippen LogP contribution in [-0.2, 0) is 4.79 Å². The molecule has 0 saturated carbocycles. The molecular weight excluding hydrogens is 461 g/mol. The monoisotopic (exact) mass is 485 g/mol. The third kappa shape index (κ3) is 8.52. The molecule has 0 aliphatic rings. The van der Waals surface area contributed by atoms with Crippen molar-refractivity contribution >= 4 is 53.3 Å². The van der Waals surface area contributed by atoms with Gasteiger partial charge in [0.15, 0.2) is 5.96 Å². The highest BCUT2D eigenvalue weighted by molar-refractivity contribution is 14.0. The zero-order chi connectivity index (χ0) is 17.9. The molecule has 6 nitrogen and oxygen atoms in total. The molecule has 2 aromatic rings. The highest BCUT2D eigenvalue weighted by atomic mass is 127. The topological polar surface area (TPSA) is 78.4 Å². The standard InChI is InChI=1S/C18H23N5OS.HI/c1-14(25-16-8-4-3-5-9-16)11-21-18(19-2)22-13-17(24)23-15-7-6-10-20-12-15;/h3-10,12,14H,11,13H2,1-2H3,(H,23,24)(H2,19,21,22);1H. The van der Waals surface area contributed by atoms with Gasteiger partial charge in [0.05, 0.1) is 18.4 Å². The lowest BCUT2D eigenvalue weighted by molar-refractivity contribution is -0.115. The molecule has 26 heavy (non-hydrogen) atoms. The molecule has 0 bridgehead atoms. The Bertz CT molecular complexity index is 684. The Morgan fingerprint density at radius 1 is 1.19 bits per heavy atom. The van der Waals surface area contributed by atoms with Crippen LogP contribution in [0.1, 0.15) is 6.92 Å². The number of guanidine groups is 1. The summed E-state index contributed by atoms with van der Waals surface area (Å²) in [4.78, 5) is 21.3. The molecule has 0 saturated heterocycles. The Morgan fingerprint density at radius 3 is 2.62 bits per heavy atom. The number of hydrogen-bond donors (Lipinski definition) is 3. The largest absolute Gasteiger partial charge is 0.355 e. The van der Waals surface area contributed by atoms with Gasteiger partial charge in [0, 0.05) is 29.9 Å². The maximum atomic E-state index is 11.9. The number of aliphatic imine (C=N–C) groups is 1. The second kappa shape index (κ2) is 12.5. The van der Waals surface area contributed by atoms with Crippen LogP contribution in [0.5, 0.6) is 0 Å². The Balaban J connectivity index is 0.00000338. The van der Waals surface area contributed by atoms with Gasteiger partial charge in [0.2, 0.25) is 5.91 Å². The minimum absolute atomic E-state index is 0. The van der Waals surface area contributed by atoms with Crippen molar-refractivity contribution in [2.24, 2.45) is 4.99 Å². The molecule has 140 valence electrons. The van der Waals surface area contributed by atoms with Crippen molar-refractivity contribution < 1.29 is 4.79 Å². The SMILES string of the molecule is CN=C(NCC(=O)Nc1cccnc1)NCC(C)Sc1ccccc1.I. The average Bonchev–Trinajstić information content (AvgIpc) is 2.63. The molecule has 1 unspecified atom stereocenters. The molecule has 0 radical (unpaired) electrons. The van der Waals surface area contributed by atoms with Gasteiger partial charge in [-0.05, 0) is 24.3 Å². The van der Waals surface area contributed by atoms with E-state index in [4.69, 9.17) is 0 Å². The molecule has 3 N–H and O–H groups in total. The van der Waals surface area contributed by atoms with Crippen LogP contribution in [0, 0.1) is 0 Å². The lowest BCUT2D eigenvalue weighted by Gasteiger charge is -2.15. The fraction of sp³-hybridized carbons (Fsp3) is 0.278. The number of pyridine rings is 1. The van der Waals surface area contributed by atoms with Crippen LogP contribution < -0.4 is 16.0 Å². The first kappa shape index (κ1) is 22.2. The van der Waals surface area contributed by atoms with Gasteiger partial charge in [-0.3, -0.25) is 14.8 Å². The number of amides is 1. The summed E-state index contributed by atoms with van der Waals surface area (Å²) in [5.74, 6) is 0.449. The van der Waals surface area contributed by atoms with Crippen molar-refractivity contribution in [2.75, 3.05) is 25.5 Å². The van der Waals surface area contributed by atoms with E-state index in [-0.39, 0.29) is 36.4 Å². The number of nitrogens with one attached hydrogen (secondary N) is 3. The van der Waals surface area contributed by atoms with Crippen molar-refractivity contribution in [3.63, 3.8) is 0 Å². The minimum atomic E-state index is -0.150. The van der Waals surface area contributed by atoms with E-state index >= 15 is 0 Å². The maximum absolute atomic E-state index is 11.9. The molecule has 8 heteroatoms. The molecule has 0 fully saturated rings. The quantitative estimate of drug-likeness (QED) is 0.243. The number of aromatic nitrogens is 1. The van der Waals surface area contributed by atoms with E-state index in [1.165, 1.54) is 4.90 Å². The summed E-state index contributed by atoms with van der Waals surface area (Å²) in [5, 5.41) is 9.37. The first-order chi connectivity index (χ1) is 12.2. The molecular formula is C18H24IN5OS. The van der Waals surface area contributed by atoms with Crippen molar-refractivity contribution in [3.8, 4) is 0 Å². The van der Waals surface area contributed by atoms with Gasteiger partial charge in [-0.25, -0.2) is 0 Å². The van der Waals surface area contributed by atoms with Crippen molar-refractivity contribution in [1.82, 2.24) is 15.6 Å². The van der Waals surface area contributed by atoms with Crippen molar-refractivity contribution in [1.29, 1.82) is 0 Å². The first-order valence-corrected chi connectivity index (χ1v) is 8.91. The van der Waals surface area contributed by atoms with Gasteiger partial charge in [-0.15, -0.1) is 35.7 Å². The Labute approximate surface area is 175 Å². The van der Waals surface area contributed by atoms with E-state index in [2.05, 4.69) is 45.0 Å². The van der Waals surface area contributed by atoms with Gasteiger partial charge in [0.25, 0.3) is 0 Å². The summed E-state index contributed by atoms with van der Waals surface area (Å²) in [6, 6.07) is 13.8. The number of thioether (sulfide) groups is 1. The molecule has 1 heterocycles. The summed E-state index contributed by atoms with van der Waals surface area (Å²) >= 11 is 1.79. The smallest absolute Gasteiger partial charge is 0.243 e. The van der Waals surface area contributed by atoms with Crippen LogP contribution in [0.3, 0.4) is 0 Å². The van der Waals surface area contributed by atoms with E-state index in [0.29, 0.717) is 16.9 Å². The predicted octanol–water partition coefficient (Wildman–Crippen LogP) is 2.98. The molecule has 1 aromatic carbocycles. The Hall–Kier alpha value is -1.81. The number of carbonyl (C=O) groups is 1. The Kier molecular flexibility index (Phi) is 10.7. The fourth-order valence-corrected chi connectivity index (χ4v) is 2.99. The van der Waals surface area contributed by atoms with Gasteiger partial charge in [-0.2, -0.15) is 0 Å². The van der Waals surface area contributed by atoms with E-state index in [0.717, 1.165) is 6.54 Å². The maximum Gasteiger partial charge on any atom is 0.243 e. The van der Waals surface area contributed by atoms with Gasteiger partial charge in [-0.1, -0.05) is 25.1 Å². The van der Waals surface area contributed by atoms with Crippen molar-refractivity contribution in [2.45, 2.75) is 17.1 Å². The number of anilines is 1. The van der Waals surface area contributed by atoms with Crippen LogP contribution in [0.2, 0.25) is 0 Å². The lowest BCUT2D eigenvalue weighted by atomic mass is 10.4. The zero-order valence-corrected chi connectivity index (χ0v) is 18.0. The minimum Gasteiger partial charge on any atom is -0.355 e. The lowest BCUT2D eigenvalue weighted by Crippen LogP contribution is -2.43. The second-order valence-corrected chi connectivity index (χ2v) is 6.85. The van der Waals surface area contributed by atoms with Crippen LogP contribution in [-0.4, -0.2) is 42.2 Å². The van der Waals surface area contributed by atoms with Gasteiger partial charge < -0.3 is 16.0 Å². The molecule has 1 amide bonds. The number of benzene rings is 1. The zero-order valence-electron chi connectivity index (χ0n) is 14.8. The number of halogens is 1. The summed E-state index contributed by atoms with van der Waals surface area (Å²) < 4.78 is 0. The van der Waals surface area contributed by atoms with Gasteiger partial charge in [0.1, 0.15) is 0 Å². The van der Waals surface area contributed by atoms with E-state index in [1.54, 1.807) is 43.3 Å². The number of rotatable bonds is 7. The number of nitrogens with zero attached hydrogens (tertiary/aromatic N) is 2. The summed E-state index contributed by atoms with van der Waals surface area (Å²) in [5.41, 5.74) is 0.671. The summed E-state index contributed by atoms with van der Waals surface area (Å²) in [6.45, 7) is 3.02. The second-order valence-electron chi connectivity index (χ2n) is 5.34. The van der Waals surface area contributed by atoms with Crippen LogP contribution in [0.4, 0.5) is 5.69 Å².